The fourth-order valence-corrected chi connectivity index (χ4v) is 2.62. The van der Waals surface area contributed by atoms with Crippen LogP contribution >= 0.6 is 23.2 Å². The summed E-state index contributed by atoms with van der Waals surface area (Å²) in [6, 6.07) is 5.76. The molecule has 0 radical (unpaired) electrons. The number of halogens is 2. The van der Waals surface area contributed by atoms with Crippen LogP contribution in [-0.4, -0.2) is 42.5 Å². The maximum Gasteiger partial charge on any atom is 0.238 e. The Bertz CT molecular complexity index is 495. The summed E-state index contributed by atoms with van der Waals surface area (Å²) in [5, 5.41) is 7.25. The maximum absolute atomic E-state index is 12.1. The normalized spacial score (nSPS) is 23.6. The van der Waals surface area contributed by atoms with Crippen LogP contribution in [0.2, 0.25) is 10.0 Å². The first kappa shape index (κ1) is 15.6. The third kappa shape index (κ3) is 4.09. The number of carbonyl (C=O) groups is 1. The number of carbonyl (C=O) groups excluding carboxylic acids is 1. The van der Waals surface area contributed by atoms with Gasteiger partial charge in [-0.1, -0.05) is 23.2 Å². The molecule has 110 valence electrons. The Kier molecular flexibility index (Phi) is 5.27. The van der Waals surface area contributed by atoms with Crippen LogP contribution in [0, 0.1) is 0 Å². The van der Waals surface area contributed by atoms with E-state index in [0.29, 0.717) is 34.4 Å². The number of benzene rings is 1. The molecule has 0 aromatic heterocycles. The first-order valence-corrected chi connectivity index (χ1v) is 7.43. The highest BCUT2D eigenvalue weighted by Crippen LogP contribution is 2.25. The zero-order chi connectivity index (χ0) is 14.7. The molecule has 1 fully saturated rings. The molecule has 0 saturated carbocycles. The van der Waals surface area contributed by atoms with Gasteiger partial charge in [-0.15, -0.1) is 0 Å². The van der Waals surface area contributed by atoms with Crippen molar-refractivity contribution in [3.05, 3.63) is 28.2 Å². The van der Waals surface area contributed by atoms with Crippen LogP contribution in [0.3, 0.4) is 0 Å². The zero-order valence-electron chi connectivity index (χ0n) is 11.6. The van der Waals surface area contributed by atoms with Crippen molar-refractivity contribution in [2.45, 2.75) is 25.9 Å². The number of rotatable bonds is 3. The molecular formula is C14H19Cl2N3O. The molecular weight excluding hydrogens is 297 g/mol. The summed E-state index contributed by atoms with van der Waals surface area (Å²) in [6.07, 6.45) is 0. The standard InChI is InChI=1S/C14H19Cl2N3O/c1-9-7-19(10(2)6-17-9)8-14(20)18-13-5-11(15)3-4-12(13)16/h3-5,9-10,17H,6-8H2,1-2H3,(H,18,20). The fourth-order valence-electron chi connectivity index (χ4n) is 2.28. The lowest BCUT2D eigenvalue weighted by Gasteiger charge is -2.36. The predicted molar refractivity (Wildman–Crippen MR) is 83.6 cm³/mol. The van der Waals surface area contributed by atoms with E-state index in [2.05, 4.69) is 29.4 Å². The molecule has 2 unspecified atom stereocenters. The Morgan fingerprint density at radius 1 is 1.45 bits per heavy atom. The minimum Gasteiger partial charge on any atom is -0.324 e. The van der Waals surface area contributed by atoms with Crippen molar-refractivity contribution in [3.8, 4) is 0 Å². The Labute approximate surface area is 129 Å². The monoisotopic (exact) mass is 315 g/mol. The Balaban J connectivity index is 1.96. The number of amides is 1. The van der Waals surface area contributed by atoms with Gasteiger partial charge >= 0.3 is 0 Å². The van der Waals surface area contributed by atoms with Gasteiger partial charge in [-0.3, -0.25) is 9.69 Å². The fraction of sp³-hybridized carbons (Fsp3) is 0.500. The highest BCUT2D eigenvalue weighted by Gasteiger charge is 2.24. The zero-order valence-corrected chi connectivity index (χ0v) is 13.1. The van der Waals surface area contributed by atoms with Gasteiger partial charge in [0.15, 0.2) is 0 Å². The third-order valence-corrected chi connectivity index (χ3v) is 4.01. The van der Waals surface area contributed by atoms with Crippen LogP contribution in [-0.2, 0) is 4.79 Å². The van der Waals surface area contributed by atoms with E-state index >= 15 is 0 Å². The second-order valence-corrected chi connectivity index (χ2v) is 6.10. The number of piperazine rings is 1. The number of nitrogens with one attached hydrogen (secondary N) is 2. The molecule has 20 heavy (non-hydrogen) atoms. The van der Waals surface area contributed by atoms with Gasteiger partial charge in [-0.2, -0.15) is 0 Å². The van der Waals surface area contributed by atoms with Gasteiger partial charge in [0.05, 0.1) is 17.3 Å². The van der Waals surface area contributed by atoms with Crippen molar-refractivity contribution in [1.82, 2.24) is 10.2 Å². The summed E-state index contributed by atoms with van der Waals surface area (Å²) in [7, 11) is 0. The molecule has 2 rings (SSSR count). The molecule has 1 aromatic carbocycles. The lowest BCUT2D eigenvalue weighted by Crippen LogP contribution is -2.55. The van der Waals surface area contributed by atoms with Gasteiger partial charge in [0.25, 0.3) is 0 Å². The molecule has 1 heterocycles. The van der Waals surface area contributed by atoms with E-state index in [9.17, 15) is 4.79 Å². The van der Waals surface area contributed by atoms with Crippen LogP contribution in [0.15, 0.2) is 18.2 Å². The van der Waals surface area contributed by atoms with Gasteiger partial charge in [-0.25, -0.2) is 0 Å². The van der Waals surface area contributed by atoms with E-state index in [0.717, 1.165) is 13.1 Å². The number of hydrogen-bond acceptors (Lipinski definition) is 3. The van der Waals surface area contributed by atoms with E-state index in [1.165, 1.54) is 0 Å². The van der Waals surface area contributed by atoms with Crippen molar-refractivity contribution in [2.24, 2.45) is 0 Å². The first-order chi connectivity index (χ1) is 9.45. The number of nitrogens with zero attached hydrogens (tertiary/aromatic N) is 1. The molecule has 1 saturated heterocycles. The molecule has 2 N–H and O–H groups in total. The summed E-state index contributed by atoms with van der Waals surface area (Å²) in [5.74, 6) is -0.0740. The topological polar surface area (TPSA) is 44.4 Å². The van der Waals surface area contributed by atoms with Crippen LogP contribution in [0.25, 0.3) is 0 Å². The summed E-state index contributed by atoms with van der Waals surface area (Å²) < 4.78 is 0. The van der Waals surface area contributed by atoms with E-state index in [-0.39, 0.29) is 5.91 Å². The third-order valence-electron chi connectivity index (χ3n) is 3.44. The van der Waals surface area contributed by atoms with Crippen LogP contribution < -0.4 is 10.6 Å². The highest BCUT2D eigenvalue weighted by molar-refractivity contribution is 6.35. The Morgan fingerprint density at radius 2 is 2.20 bits per heavy atom. The summed E-state index contributed by atoms with van der Waals surface area (Å²) in [6.45, 7) is 6.34. The van der Waals surface area contributed by atoms with Crippen LogP contribution in [0.4, 0.5) is 5.69 Å². The number of anilines is 1. The average Bonchev–Trinajstić information content (AvgIpc) is 2.38. The summed E-state index contributed by atoms with van der Waals surface area (Å²) >= 11 is 11.9. The van der Waals surface area contributed by atoms with Crippen molar-refractivity contribution in [1.29, 1.82) is 0 Å². The molecule has 4 nitrogen and oxygen atoms in total. The van der Waals surface area contributed by atoms with Crippen molar-refractivity contribution >= 4 is 34.8 Å². The lowest BCUT2D eigenvalue weighted by atomic mass is 10.1. The van der Waals surface area contributed by atoms with E-state index in [1.54, 1.807) is 18.2 Å². The summed E-state index contributed by atoms with van der Waals surface area (Å²) in [4.78, 5) is 14.3. The second-order valence-electron chi connectivity index (χ2n) is 5.26. The number of hydrogen-bond donors (Lipinski definition) is 2. The van der Waals surface area contributed by atoms with Crippen molar-refractivity contribution < 1.29 is 4.79 Å². The van der Waals surface area contributed by atoms with Gasteiger partial charge in [0.2, 0.25) is 5.91 Å². The second kappa shape index (κ2) is 6.76. The van der Waals surface area contributed by atoms with Gasteiger partial charge in [-0.05, 0) is 32.0 Å². The van der Waals surface area contributed by atoms with Gasteiger partial charge in [0.1, 0.15) is 0 Å². The van der Waals surface area contributed by atoms with E-state index in [4.69, 9.17) is 23.2 Å². The molecule has 1 aromatic rings. The molecule has 6 heteroatoms. The van der Waals surface area contributed by atoms with Gasteiger partial charge in [0, 0.05) is 30.2 Å². The largest absolute Gasteiger partial charge is 0.324 e. The molecule has 2 atom stereocenters. The van der Waals surface area contributed by atoms with Crippen LogP contribution in [0.5, 0.6) is 0 Å². The molecule has 0 spiro atoms. The molecule has 0 aliphatic carbocycles. The van der Waals surface area contributed by atoms with E-state index < -0.39 is 0 Å². The Morgan fingerprint density at radius 3 is 2.95 bits per heavy atom. The summed E-state index contributed by atoms with van der Waals surface area (Å²) in [5.41, 5.74) is 0.556. The van der Waals surface area contributed by atoms with Crippen molar-refractivity contribution in [2.75, 3.05) is 25.0 Å². The predicted octanol–water partition coefficient (Wildman–Crippen LogP) is 2.61. The highest BCUT2D eigenvalue weighted by atomic mass is 35.5. The Hall–Kier alpha value is -0.810. The van der Waals surface area contributed by atoms with Crippen molar-refractivity contribution in [3.63, 3.8) is 0 Å². The SMILES string of the molecule is CC1CN(CC(=O)Nc2cc(Cl)ccc2Cl)C(C)CN1. The first-order valence-electron chi connectivity index (χ1n) is 6.68. The quantitative estimate of drug-likeness (QED) is 0.901. The van der Waals surface area contributed by atoms with Crippen LogP contribution in [0.1, 0.15) is 13.8 Å². The minimum absolute atomic E-state index is 0.0740. The molecule has 1 aliphatic rings. The average molecular weight is 316 g/mol. The van der Waals surface area contributed by atoms with Gasteiger partial charge < -0.3 is 10.6 Å². The molecule has 1 aliphatic heterocycles. The minimum atomic E-state index is -0.0740. The smallest absolute Gasteiger partial charge is 0.238 e. The van der Waals surface area contributed by atoms with E-state index in [1.807, 2.05) is 0 Å². The molecule has 0 bridgehead atoms. The lowest BCUT2D eigenvalue weighted by molar-refractivity contribution is -0.118. The molecule has 1 amide bonds. The maximum atomic E-state index is 12.1.